The lowest BCUT2D eigenvalue weighted by atomic mass is 9.78. The summed E-state index contributed by atoms with van der Waals surface area (Å²) in [7, 11) is 0. The number of fused-ring (bicyclic) bond motifs is 1. The fourth-order valence-corrected chi connectivity index (χ4v) is 2.99. The molecule has 0 unspecified atom stereocenters. The molecular weight excluding hydrogens is 216 g/mol. The molecule has 0 aromatic rings. The molecule has 2 aliphatic rings. The van der Waals surface area contributed by atoms with Crippen molar-refractivity contribution < 1.29 is 9.53 Å². The standard InChI is InChI=1S/C13H24N2O2/c1-13(2,3)17-12(16)15-11-6-4-5-9-7-14-8-10(9)11/h9-11,14H,4-8H2,1-3H3,(H,15,16)/t9-,10-,11-/m0/s1. The van der Waals surface area contributed by atoms with Gasteiger partial charge in [0.05, 0.1) is 0 Å². The zero-order chi connectivity index (χ0) is 12.5. The summed E-state index contributed by atoms with van der Waals surface area (Å²) < 4.78 is 5.32. The fraction of sp³-hybridized carbons (Fsp3) is 0.923. The van der Waals surface area contributed by atoms with Gasteiger partial charge in [-0.05, 0) is 52.0 Å². The number of nitrogens with one attached hydrogen (secondary N) is 2. The minimum Gasteiger partial charge on any atom is -0.444 e. The van der Waals surface area contributed by atoms with Crippen molar-refractivity contribution in [3.05, 3.63) is 0 Å². The van der Waals surface area contributed by atoms with E-state index in [9.17, 15) is 4.79 Å². The van der Waals surface area contributed by atoms with Gasteiger partial charge >= 0.3 is 6.09 Å². The SMILES string of the molecule is CC(C)(C)OC(=O)N[C@H]1CCC[C@H]2CNC[C@@H]21. The van der Waals surface area contributed by atoms with Crippen LogP contribution in [0.1, 0.15) is 40.0 Å². The second-order valence-corrected chi connectivity index (χ2v) is 6.27. The van der Waals surface area contributed by atoms with Crippen LogP contribution in [0.2, 0.25) is 0 Å². The molecule has 1 heterocycles. The second-order valence-electron chi connectivity index (χ2n) is 6.27. The second kappa shape index (κ2) is 4.84. The summed E-state index contributed by atoms with van der Waals surface area (Å²) in [4.78, 5) is 11.8. The topological polar surface area (TPSA) is 50.4 Å². The minimum atomic E-state index is -0.411. The Balaban J connectivity index is 1.87. The molecule has 2 N–H and O–H groups in total. The van der Waals surface area contributed by atoms with Crippen LogP contribution in [0.3, 0.4) is 0 Å². The van der Waals surface area contributed by atoms with Crippen molar-refractivity contribution in [1.29, 1.82) is 0 Å². The molecule has 98 valence electrons. The molecule has 0 aromatic carbocycles. The van der Waals surface area contributed by atoms with Gasteiger partial charge in [0, 0.05) is 12.6 Å². The van der Waals surface area contributed by atoms with Crippen molar-refractivity contribution in [2.75, 3.05) is 13.1 Å². The first-order valence-corrected chi connectivity index (χ1v) is 6.66. The van der Waals surface area contributed by atoms with E-state index in [1.54, 1.807) is 0 Å². The first kappa shape index (κ1) is 12.7. The van der Waals surface area contributed by atoms with E-state index in [0.29, 0.717) is 12.0 Å². The number of carbonyl (C=O) groups excluding carboxylic acids is 1. The van der Waals surface area contributed by atoms with Crippen molar-refractivity contribution in [1.82, 2.24) is 10.6 Å². The van der Waals surface area contributed by atoms with Gasteiger partial charge in [0.15, 0.2) is 0 Å². The molecule has 0 radical (unpaired) electrons. The molecule has 1 aliphatic heterocycles. The van der Waals surface area contributed by atoms with E-state index in [4.69, 9.17) is 4.74 Å². The van der Waals surface area contributed by atoms with Crippen LogP contribution in [-0.2, 0) is 4.74 Å². The van der Waals surface area contributed by atoms with Crippen LogP contribution in [0.4, 0.5) is 4.79 Å². The van der Waals surface area contributed by atoms with Gasteiger partial charge in [-0.25, -0.2) is 4.79 Å². The maximum Gasteiger partial charge on any atom is 0.407 e. The van der Waals surface area contributed by atoms with Gasteiger partial charge in [-0.1, -0.05) is 6.42 Å². The molecule has 4 heteroatoms. The third-order valence-electron chi connectivity index (χ3n) is 3.70. The number of rotatable bonds is 1. The Morgan fingerprint density at radius 1 is 1.29 bits per heavy atom. The summed E-state index contributed by atoms with van der Waals surface area (Å²) in [6, 6.07) is 0.290. The van der Waals surface area contributed by atoms with Gasteiger partial charge in [-0.2, -0.15) is 0 Å². The normalized spacial score (nSPS) is 33.0. The molecule has 0 aromatic heterocycles. The highest BCUT2D eigenvalue weighted by Gasteiger charge is 2.37. The quantitative estimate of drug-likeness (QED) is 0.736. The highest BCUT2D eigenvalue weighted by atomic mass is 16.6. The lowest BCUT2D eigenvalue weighted by Gasteiger charge is -2.34. The Morgan fingerprint density at radius 3 is 2.76 bits per heavy atom. The molecule has 17 heavy (non-hydrogen) atoms. The fourth-order valence-electron chi connectivity index (χ4n) is 2.99. The largest absolute Gasteiger partial charge is 0.444 e. The van der Waals surface area contributed by atoms with Gasteiger partial charge in [0.2, 0.25) is 0 Å². The van der Waals surface area contributed by atoms with Crippen molar-refractivity contribution in [2.24, 2.45) is 11.8 Å². The monoisotopic (exact) mass is 240 g/mol. The van der Waals surface area contributed by atoms with Gasteiger partial charge in [0.25, 0.3) is 0 Å². The maximum absolute atomic E-state index is 11.8. The summed E-state index contributed by atoms with van der Waals surface area (Å²) in [5.41, 5.74) is -0.411. The molecule has 2 fully saturated rings. The third kappa shape index (κ3) is 3.35. The molecule has 1 saturated carbocycles. The number of hydrogen-bond acceptors (Lipinski definition) is 3. The van der Waals surface area contributed by atoms with Crippen molar-refractivity contribution >= 4 is 6.09 Å². The lowest BCUT2D eigenvalue weighted by molar-refractivity contribution is 0.0461. The Labute approximate surface area is 103 Å². The van der Waals surface area contributed by atoms with Gasteiger partial charge < -0.3 is 15.4 Å². The summed E-state index contributed by atoms with van der Waals surface area (Å²) in [5.74, 6) is 1.33. The van der Waals surface area contributed by atoms with Crippen molar-refractivity contribution in [2.45, 2.75) is 51.7 Å². The molecule has 0 bridgehead atoms. The van der Waals surface area contributed by atoms with Crippen LogP contribution in [0.5, 0.6) is 0 Å². The Morgan fingerprint density at radius 2 is 2.06 bits per heavy atom. The van der Waals surface area contributed by atoms with Crippen LogP contribution < -0.4 is 10.6 Å². The Bertz CT molecular complexity index is 286. The van der Waals surface area contributed by atoms with Crippen LogP contribution in [0, 0.1) is 11.8 Å². The van der Waals surface area contributed by atoms with Gasteiger partial charge in [-0.15, -0.1) is 0 Å². The molecular formula is C13H24N2O2. The number of alkyl carbamates (subject to hydrolysis) is 1. The first-order chi connectivity index (χ1) is 7.96. The lowest BCUT2D eigenvalue weighted by Crippen LogP contribution is -2.47. The predicted octanol–water partition coefficient (Wildman–Crippen LogP) is 1.90. The summed E-state index contributed by atoms with van der Waals surface area (Å²) >= 11 is 0. The van der Waals surface area contributed by atoms with E-state index < -0.39 is 5.60 Å². The smallest absolute Gasteiger partial charge is 0.407 e. The number of ether oxygens (including phenoxy) is 1. The highest BCUT2D eigenvalue weighted by molar-refractivity contribution is 5.68. The Kier molecular flexibility index (Phi) is 3.61. The zero-order valence-corrected chi connectivity index (χ0v) is 11.1. The van der Waals surface area contributed by atoms with Crippen molar-refractivity contribution in [3.8, 4) is 0 Å². The van der Waals surface area contributed by atoms with E-state index >= 15 is 0 Å². The highest BCUT2D eigenvalue weighted by Crippen LogP contribution is 2.32. The Hall–Kier alpha value is -0.770. The number of hydrogen-bond donors (Lipinski definition) is 2. The van der Waals surface area contributed by atoms with E-state index in [1.807, 2.05) is 20.8 Å². The van der Waals surface area contributed by atoms with E-state index in [0.717, 1.165) is 25.4 Å². The third-order valence-corrected chi connectivity index (χ3v) is 3.70. The average Bonchev–Trinajstić information content (AvgIpc) is 2.63. The summed E-state index contributed by atoms with van der Waals surface area (Å²) in [6.45, 7) is 7.83. The predicted molar refractivity (Wildman–Crippen MR) is 66.9 cm³/mol. The summed E-state index contributed by atoms with van der Waals surface area (Å²) in [6.07, 6.45) is 3.32. The average molecular weight is 240 g/mol. The molecule has 4 nitrogen and oxygen atoms in total. The van der Waals surface area contributed by atoms with Gasteiger partial charge in [0.1, 0.15) is 5.60 Å². The molecule has 0 spiro atoms. The molecule has 1 saturated heterocycles. The van der Waals surface area contributed by atoms with E-state index in [2.05, 4.69) is 10.6 Å². The molecule has 1 amide bonds. The van der Waals surface area contributed by atoms with Crippen LogP contribution in [0.25, 0.3) is 0 Å². The van der Waals surface area contributed by atoms with E-state index in [1.165, 1.54) is 12.8 Å². The summed E-state index contributed by atoms with van der Waals surface area (Å²) in [5, 5.41) is 6.47. The van der Waals surface area contributed by atoms with Crippen molar-refractivity contribution in [3.63, 3.8) is 0 Å². The van der Waals surface area contributed by atoms with E-state index in [-0.39, 0.29) is 6.09 Å². The van der Waals surface area contributed by atoms with Crippen LogP contribution in [-0.4, -0.2) is 30.8 Å². The van der Waals surface area contributed by atoms with Gasteiger partial charge in [-0.3, -0.25) is 0 Å². The van der Waals surface area contributed by atoms with Crippen LogP contribution in [0.15, 0.2) is 0 Å². The first-order valence-electron chi connectivity index (χ1n) is 6.66. The molecule has 2 rings (SSSR count). The minimum absolute atomic E-state index is 0.268. The maximum atomic E-state index is 11.8. The molecule has 3 atom stereocenters. The van der Waals surface area contributed by atoms with Crippen LogP contribution >= 0.6 is 0 Å². The zero-order valence-electron chi connectivity index (χ0n) is 11.1. The molecule has 1 aliphatic carbocycles. The number of carbonyl (C=O) groups is 1. The number of amides is 1.